The number of allylic oxidation sites excluding steroid dienone is 1. The highest BCUT2D eigenvalue weighted by atomic mass is 16.1. The third-order valence-electron chi connectivity index (χ3n) is 9.99. The van der Waals surface area contributed by atoms with Crippen molar-refractivity contribution in [2.45, 2.75) is 57.5 Å². The van der Waals surface area contributed by atoms with Crippen LogP contribution >= 0.6 is 0 Å². The van der Waals surface area contributed by atoms with Crippen LogP contribution in [0.15, 0.2) is 12.2 Å². The Balaban J connectivity index is 1.55. The molecule has 2 spiro atoms. The van der Waals surface area contributed by atoms with Gasteiger partial charge >= 0.3 is 0 Å². The molecule has 3 heterocycles. The van der Waals surface area contributed by atoms with Crippen molar-refractivity contribution in [3.63, 3.8) is 0 Å². The van der Waals surface area contributed by atoms with Gasteiger partial charge in [-0.25, -0.2) is 0 Å². The maximum Gasteiger partial charge on any atom is 0.145 e. The van der Waals surface area contributed by atoms with Gasteiger partial charge in [0.25, 0.3) is 0 Å². The van der Waals surface area contributed by atoms with E-state index in [2.05, 4.69) is 18.4 Å². The van der Waals surface area contributed by atoms with Crippen LogP contribution in [-0.4, -0.2) is 29.3 Å². The average Bonchev–Trinajstić information content (AvgIpc) is 2.88. The highest BCUT2D eigenvalue weighted by Gasteiger charge is 2.88. The number of hydrogen-bond acceptors (Lipinski definition) is 2. The molecular formula is C20H25NO. The van der Waals surface area contributed by atoms with Crippen LogP contribution in [0.4, 0.5) is 0 Å². The molecule has 9 aliphatic rings. The van der Waals surface area contributed by atoms with E-state index in [4.69, 9.17) is 0 Å². The zero-order valence-electron chi connectivity index (χ0n) is 13.5. The van der Waals surface area contributed by atoms with Gasteiger partial charge in [0, 0.05) is 30.5 Å². The van der Waals surface area contributed by atoms with E-state index in [0.717, 1.165) is 17.9 Å². The van der Waals surface area contributed by atoms with E-state index in [1.54, 1.807) is 0 Å². The fourth-order valence-corrected chi connectivity index (χ4v) is 10.2. The van der Waals surface area contributed by atoms with Gasteiger partial charge in [-0.05, 0) is 60.2 Å². The molecule has 3 aliphatic heterocycles. The van der Waals surface area contributed by atoms with Crippen molar-refractivity contribution in [2.75, 3.05) is 6.54 Å². The van der Waals surface area contributed by atoms with Crippen LogP contribution in [0.3, 0.4) is 0 Å². The molecule has 116 valence electrons. The van der Waals surface area contributed by atoms with Crippen LogP contribution in [0.25, 0.3) is 0 Å². The number of piperidine rings is 2. The first kappa shape index (κ1) is 11.8. The van der Waals surface area contributed by atoms with Crippen LogP contribution in [-0.2, 0) is 4.79 Å². The second-order valence-corrected chi connectivity index (χ2v) is 10.3. The Bertz CT molecular complexity index is 683. The quantitative estimate of drug-likeness (QED) is 0.640. The van der Waals surface area contributed by atoms with Crippen molar-refractivity contribution in [3.05, 3.63) is 12.2 Å². The van der Waals surface area contributed by atoms with Crippen molar-refractivity contribution < 1.29 is 4.79 Å². The summed E-state index contributed by atoms with van der Waals surface area (Å²) in [6, 6.07) is 1.46. The van der Waals surface area contributed by atoms with Gasteiger partial charge in [-0.2, -0.15) is 0 Å². The van der Waals surface area contributed by atoms with Crippen molar-refractivity contribution in [3.8, 4) is 0 Å². The zero-order valence-corrected chi connectivity index (χ0v) is 13.5. The van der Waals surface area contributed by atoms with E-state index in [9.17, 15) is 4.79 Å². The average molecular weight is 295 g/mol. The number of Topliss-reactive ketones (excluding diaryl/α,β-unsaturated/α-hetero) is 1. The minimum Gasteiger partial charge on any atom is -0.299 e. The van der Waals surface area contributed by atoms with Crippen molar-refractivity contribution in [2.24, 2.45) is 39.9 Å². The Morgan fingerprint density at radius 3 is 3.05 bits per heavy atom. The lowest BCUT2D eigenvalue weighted by molar-refractivity contribution is -0.152. The molecule has 0 N–H and O–H groups in total. The molecule has 9 rings (SSSR count). The van der Waals surface area contributed by atoms with Gasteiger partial charge in [-0.1, -0.05) is 25.5 Å². The standard InChI is InChI=1S/C20H25NO/c1-10-7-19-8-12-16-18(2)4-3-5-20(16)13(19)6-11(10)15(22)14(19)17(20)21(12)9-18/h11-14,16-17H,1,3-9H2,2H3/t11-,12-,13+,14+,16+,17?,18-,19?,20?/m0/s1. The first-order chi connectivity index (χ1) is 10.5. The summed E-state index contributed by atoms with van der Waals surface area (Å²) in [5.74, 6) is 3.02. The predicted octanol–water partition coefficient (Wildman–Crippen LogP) is 3.03. The highest BCUT2D eigenvalue weighted by Crippen LogP contribution is 2.86. The SMILES string of the molecule is C=C1CC23C[C@H]4[C@H]5C67CCC[C@@]5(C)CN4C6[C@H]2C(=O)[C@H]1C[C@H]37. The van der Waals surface area contributed by atoms with Crippen molar-refractivity contribution >= 4 is 5.78 Å². The second-order valence-electron chi connectivity index (χ2n) is 10.3. The molecule has 2 heteroatoms. The van der Waals surface area contributed by atoms with E-state index >= 15 is 0 Å². The number of rotatable bonds is 0. The molecule has 6 saturated carbocycles. The smallest absolute Gasteiger partial charge is 0.145 e. The molecule has 3 saturated heterocycles. The predicted molar refractivity (Wildman–Crippen MR) is 83.1 cm³/mol. The Morgan fingerprint density at radius 2 is 2.18 bits per heavy atom. The van der Waals surface area contributed by atoms with Gasteiger partial charge in [0.1, 0.15) is 5.78 Å². The minimum absolute atomic E-state index is 0.238. The fraction of sp³-hybridized carbons (Fsp3) is 0.850. The maximum atomic E-state index is 13.3. The first-order valence-corrected chi connectivity index (χ1v) is 9.50. The van der Waals surface area contributed by atoms with E-state index in [0.29, 0.717) is 34.0 Å². The molecule has 4 unspecified atom stereocenters. The summed E-state index contributed by atoms with van der Waals surface area (Å²) in [7, 11) is 0. The van der Waals surface area contributed by atoms with E-state index < -0.39 is 0 Å². The summed E-state index contributed by atoms with van der Waals surface area (Å²) in [6.07, 6.45) is 8.00. The molecule has 0 aromatic heterocycles. The number of fused-ring (bicyclic) bond motifs is 1. The topological polar surface area (TPSA) is 20.3 Å². The molecule has 0 aromatic rings. The van der Waals surface area contributed by atoms with Crippen LogP contribution in [0.5, 0.6) is 0 Å². The third-order valence-corrected chi connectivity index (χ3v) is 9.99. The van der Waals surface area contributed by atoms with Gasteiger partial charge in [0.2, 0.25) is 0 Å². The monoisotopic (exact) mass is 295 g/mol. The van der Waals surface area contributed by atoms with Crippen LogP contribution in [0.1, 0.15) is 45.4 Å². The van der Waals surface area contributed by atoms with Crippen LogP contribution < -0.4 is 0 Å². The molecule has 9 bridgehead atoms. The lowest BCUT2D eigenvalue weighted by atomic mass is 9.41. The molecule has 22 heavy (non-hydrogen) atoms. The lowest BCUT2D eigenvalue weighted by Gasteiger charge is -2.62. The lowest BCUT2D eigenvalue weighted by Crippen LogP contribution is -2.61. The summed E-state index contributed by atoms with van der Waals surface area (Å²) >= 11 is 0. The summed E-state index contributed by atoms with van der Waals surface area (Å²) in [5.41, 5.74) is 2.76. The maximum absolute atomic E-state index is 13.3. The molecule has 9 fully saturated rings. The van der Waals surface area contributed by atoms with E-state index in [-0.39, 0.29) is 5.92 Å². The molecule has 0 aromatic carbocycles. The third kappa shape index (κ3) is 0.800. The molecule has 10 atom stereocenters. The highest BCUT2D eigenvalue weighted by molar-refractivity contribution is 5.91. The minimum atomic E-state index is 0.238. The Labute approximate surface area is 132 Å². The Hall–Kier alpha value is -0.630. The fourth-order valence-electron chi connectivity index (χ4n) is 10.2. The summed E-state index contributed by atoms with van der Waals surface area (Å²) < 4.78 is 0. The number of carbonyl (C=O) groups excluding carboxylic acids is 1. The first-order valence-electron chi connectivity index (χ1n) is 9.50. The second kappa shape index (κ2) is 2.90. The normalized spacial score (nSPS) is 71.8. The summed E-state index contributed by atoms with van der Waals surface area (Å²) in [6.45, 7) is 8.22. The summed E-state index contributed by atoms with van der Waals surface area (Å²) in [4.78, 5) is 16.1. The van der Waals surface area contributed by atoms with E-state index in [1.165, 1.54) is 50.6 Å². The summed E-state index contributed by atoms with van der Waals surface area (Å²) in [5, 5.41) is 0. The molecule has 6 aliphatic carbocycles. The Morgan fingerprint density at radius 1 is 1.32 bits per heavy atom. The largest absolute Gasteiger partial charge is 0.299 e. The number of ketones is 1. The van der Waals surface area contributed by atoms with E-state index in [1.807, 2.05) is 0 Å². The van der Waals surface area contributed by atoms with Gasteiger partial charge in [-0.15, -0.1) is 0 Å². The van der Waals surface area contributed by atoms with Gasteiger partial charge in [-0.3, -0.25) is 9.69 Å². The molecule has 2 nitrogen and oxygen atoms in total. The number of hydrogen-bond donors (Lipinski definition) is 0. The van der Waals surface area contributed by atoms with Gasteiger partial charge in [0.05, 0.1) is 0 Å². The van der Waals surface area contributed by atoms with Crippen LogP contribution in [0, 0.1) is 39.9 Å². The van der Waals surface area contributed by atoms with Gasteiger partial charge in [0.15, 0.2) is 0 Å². The number of nitrogens with zero attached hydrogens (tertiary/aromatic N) is 1. The molecule has 0 radical (unpaired) electrons. The zero-order chi connectivity index (χ0) is 14.6. The van der Waals surface area contributed by atoms with Gasteiger partial charge < -0.3 is 0 Å². The Kier molecular flexibility index (Phi) is 1.56. The van der Waals surface area contributed by atoms with Crippen molar-refractivity contribution in [1.29, 1.82) is 0 Å². The van der Waals surface area contributed by atoms with Crippen LogP contribution in [0.2, 0.25) is 0 Å². The molecular weight excluding hydrogens is 270 g/mol. The molecule has 0 amide bonds. The van der Waals surface area contributed by atoms with Crippen molar-refractivity contribution in [1.82, 2.24) is 4.90 Å². The number of carbonyl (C=O) groups is 1.